The summed E-state index contributed by atoms with van der Waals surface area (Å²) < 4.78 is 12.0. The van der Waals surface area contributed by atoms with Crippen LogP contribution in [-0.4, -0.2) is 31.1 Å². The van der Waals surface area contributed by atoms with E-state index in [1.54, 1.807) is 55.7 Å². The number of nitrogens with one attached hydrogen (secondary N) is 2. The van der Waals surface area contributed by atoms with Crippen LogP contribution >= 0.6 is 11.6 Å². The molecule has 1 aromatic heterocycles. The number of methoxy groups -OCH3 is 1. The summed E-state index contributed by atoms with van der Waals surface area (Å²) in [6, 6.07) is 14.3. The Balaban J connectivity index is 1.67. The van der Waals surface area contributed by atoms with Gasteiger partial charge in [-0.1, -0.05) is 30.9 Å². The fourth-order valence-electron chi connectivity index (χ4n) is 4.69. The number of hydrogen-bond donors (Lipinski definition) is 2. The highest BCUT2D eigenvalue weighted by atomic mass is 35.5. The molecule has 0 spiro atoms. The fourth-order valence-corrected chi connectivity index (χ4v) is 4.86. The number of halogens is 1. The molecule has 3 aromatic rings. The standard InChI is InChI=1S/C30H29ClN4O5/c1-33-16-27(40-18-36)20-7-10-23(11-8-20)34-30(38)26(12-19-4-3-5-19)35-17-28(39-2)25(14-29(35)37)24-13-22(31)9-6-21(24)15-32/h6-11,13-14,16-19,26,33H,3-5,12H2,1-2H3,(H,34,38)/b27-16-. The Morgan fingerprint density at radius 2 is 1.95 bits per heavy atom. The van der Waals surface area contributed by atoms with E-state index >= 15 is 0 Å². The molecule has 2 N–H and O–H groups in total. The molecule has 9 nitrogen and oxygen atoms in total. The molecule has 4 rings (SSSR count). The zero-order valence-corrected chi connectivity index (χ0v) is 22.9. The molecule has 1 heterocycles. The van der Waals surface area contributed by atoms with Crippen molar-refractivity contribution >= 4 is 35.4 Å². The highest BCUT2D eigenvalue weighted by Crippen LogP contribution is 2.37. The zero-order valence-electron chi connectivity index (χ0n) is 22.1. The highest BCUT2D eigenvalue weighted by Gasteiger charge is 2.30. The van der Waals surface area contributed by atoms with E-state index in [0.717, 1.165) is 19.3 Å². The molecule has 2 aromatic carbocycles. The van der Waals surface area contributed by atoms with Crippen LogP contribution in [0.2, 0.25) is 5.02 Å². The average molecular weight is 561 g/mol. The molecule has 40 heavy (non-hydrogen) atoms. The van der Waals surface area contributed by atoms with E-state index in [4.69, 9.17) is 21.1 Å². The number of carbonyl (C=O) groups is 2. The van der Waals surface area contributed by atoms with E-state index < -0.39 is 11.6 Å². The number of rotatable bonds is 11. The molecule has 1 atom stereocenters. The van der Waals surface area contributed by atoms with Crippen molar-refractivity contribution in [2.24, 2.45) is 5.92 Å². The number of pyridine rings is 1. The Bertz CT molecular complexity index is 1520. The predicted octanol–water partition coefficient (Wildman–Crippen LogP) is 5.11. The molecule has 1 unspecified atom stereocenters. The number of anilines is 1. The molecule has 0 radical (unpaired) electrons. The lowest BCUT2D eigenvalue weighted by Gasteiger charge is -2.30. The lowest BCUT2D eigenvalue weighted by Crippen LogP contribution is -2.35. The number of aromatic nitrogens is 1. The van der Waals surface area contributed by atoms with Crippen LogP contribution in [0.3, 0.4) is 0 Å². The molecule has 1 amide bonds. The van der Waals surface area contributed by atoms with Gasteiger partial charge in [0.2, 0.25) is 5.91 Å². The summed E-state index contributed by atoms with van der Waals surface area (Å²) in [6.07, 6.45) is 6.64. The van der Waals surface area contributed by atoms with Gasteiger partial charge in [-0.05, 0) is 54.8 Å². The summed E-state index contributed by atoms with van der Waals surface area (Å²) in [4.78, 5) is 37.9. The predicted molar refractivity (Wildman–Crippen MR) is 153 cm³/mol. The first-order valence-corrected chi connectivity index (χ1v) is 13.2. The number of nitrogens with zero attached hydrogens (tertiary/aromatic N) is 2. The topological polar surface area (TPSA) is 122 Å². The molecule has 10 heteroatoms. The van der Waals surface area contributed by atoms with Crippen molar-refractivity contribution in [2.45, 2.75) is 31.7 Å². The van der Waals surface area contributed by atoms with Crippen LogP contribution in [0.25, 0.3) is 16.9 Å². The third-order valence-corrected chi connectivity index (χ3v) is 7.20. The summed E-state index contributed by atoms with van der Waals surface area (Å²) in [7, 11) is 3.16. The maximum atomic E-state index is 13.6. The van der Waals surface area contributed by atoms with Crippen LogP contribution in [-0.2, 0) is 14.3 Å². The van der Waals surface area contributed by atoms with Crippen molar-refractivity contribution in [2.75, 3.05) is 19.5 Å². The van der Waals surface area contributed by atoms with Gasteiger partial charge in [0.15, 0.2) is 5.76 Å². The van der Waals surface area contributed by atoms with E-state index in [9.17, 15) is 19.6 Å². The Hall–Kier alpha value is -4.55. The van der Waals surface area contributed by atoms with E-state index in [0.29, 0.717) is 63.3 Å². The number of ether oxygens (including phenoxy) is 2. The first kappa shape index (κ1) is 28.5. The Kier molecular flexibility index (Phi) is 9.25. The van der Waals surface area contributed by atoms with Gasteiger partial charge in [0, 0.05) is 46.7 Å². The Labute approximate surface area is 237 Å². The first-order valence-electron chi connectivity index (χ1n) is 12.8. The smallest absolute Gasteiger partial charge is 0.298 e. The minimum absolute atomic E-state index is 0.323. The molecule has 0 bridgehead atoms. The third kappa shape index (κ3) is 6.35. The highest BCUT2D eigenvalue weighted by molar-refractivity contribution is 6.31. The normalized spacial score (nSPS) is 13.9. The summed E-state index contributed by atoms with van der Waals surface area (Å²) in [6.45, 7) is 0.342. The Morgan fingerprint density at radius 3 is 2.55 bits per heavy atom. The molecule has 1 aliphatic carbocycles. The molecule has 206 valence electrons. The van der Waals surface area contributed by atoms with Crippen molar-refractivity contribution in [3.8, 4) is 22.9 Å². The van der Waals surface area contributed by atoms with Crippen molar-refractivity contribution < 1.29 is 19.1 Å². The van der Waals surface area contributed by atoms with E-state index in [1.807, 2.05) is 0 Å². The second kappa shape index (κ2) is 13.0. The fraction of sp³-hybridized carbons (Fsp3) is 0.267. The summed E-state index contributed by atoms with van der Waals surface area (Å²) >= 11 is 6.18. The maximum absolute atomic E-state index is 13.6. The second-order valence-corrected chi connectivity index (χ2v) is 9.87. The van der Waals surface area contributed by atoms with Gasteiger partial charge in [0.1, 0.15) is 11.8 Å². The first-order chi connectivity index (χ1) is 19.4. The maximum Gasteiger partial charge on any atom is 0.298 e. The number of nitriles is 1. The van der Waals surface area contributed by atoms with Crippen molar-refractivity contribution in [1.29, 1.82) is 5.26 Å². The minimum atomic E-state index is -0.784. The summed E-state index contributed by atoms with van der Waals surface area (Å²) in [5.41, 5.74) is 2.00. The third-order valence-electron chi connectivity index (χ3n) is 6.96. The summed E-state index contributed by atoms with van der Waals surface area (Å²) in [5, 5.41) is 15.7. The van der Waals surface area contributed by atoms with Crippen molar-refractivity contribution in [3.63, 3.8) is 0 Å². The van der Waals surface area contributed by atoms with Crippen molar-refractivity contribution in [3.05, 3.63) is 87.4 Å². The number of hydrogen-bond acceptors (Lipinski definition) is 7. The number of carbonyl (C=O) groups excluding carboxylic acids is 2. The molecule has 1 saturated carbocycles. The van der Waals surface area contributed by atoms with Crippen LogP contribution in [0.15, 0.2) is 65.7 Å². The van der Waals surface area contributed by atoms with E-state index in [2.05, 4.69) is 16.7 Å². The molecule has 1 aliphatic rings. The Morgan fingerprint density at radius 1 is 1.20 bits per heavy atom. The average Bonchev–Trinajstić information content (AvgIpc) is 2.93. The van der Waals surface area contributed by atoms with Gasteiger partial charge in [-0.3, -0.25) is 19.0 Å². The lowest BCUT2D eigenvalue weighted by atomic mass is 9.80. The van der Waals surface area contributed by atoms with E-state index in [-0.39, 0.29) is 5.91 Å². The SMILES string of the molecule is CN/C=C(\OC=O)c1ccc(NC(=O)C(CC2CCC2)n2cc(OC)c(-c3cc(Cl)ccc3C#N)cc2=O)cc1. The van der Waals surface area contributed by atoms with Crippen LogP contribution in [0.1, 0.15) is 42.9 Å². The van der Waals surface area contributed by atoms with E-state index in [1.165, 1.54) is 23.9 Å². The van der Waals surface area contributed by atoms with Crippen LogP contribution < -0.4 is 20.9 Å². The van der Waals surface area contributed by atoms with Gasteiger partial charge >= 0.3 is 0 Å². The van der Waals surface area contributed by atoms with Gasteiger partial charge in [-0.15, -0.1) is 0 Å². The second-order valence-electron chi connectivity index (χ2n) is 9.43. The molecule has 0 saturated heterocycles. The molecular formula is C30H29ClN4O5. The molecule has 0 aliphatic heterocycles. The quantitative estimate of drug-likeness (QED) is 0.247. The summed E-state index contributed by atoms with van der Waals surface area (Å²) in [5.74, 6) is 0.653. The molecule has 1 fully saturated rings. The van der Waals surface area contributed by atoms with Gasteiger partial charge in [0.05, 0.1) is 24.9 Å². The minimum Gasteiger partial charge on any atom is -0.495 e. The zero-order chi connectivity index (χ0) is 28.6. The van der Waals surface area contributed by atoms with Gasteiger partial charge in [-0.25, -0.2) is 0 Å². The lowest BCUT2D eigenvalue weighted by molar-refractivity contribution is -0.122. The number of amides is 1. The van der Waals surface area contributed by atoms with Gasteiger partial charge in [0.25, 0.3) is 12.0 Å². The van der Waals surface area contributed by atoms with Crippen LogP contribution in [0.5, 0.6) is 5.75 Å². The monoisotopic (exact) mass is 560 g/mol. The van der Waals surface area contributed by atoms with Crippen LogP contribution in [0.4, 0.5) is 5.69 Å². The van der Waals surface area contributed by atoms with Crippen LogP contribution in [0, 0.1) is 17.2 Å². The molecular weight excluding hydrogens is 532 g/mol. The van der Waals surface area contributed by atoms with Crippen molar-refractivity contribution in [1.82, 2.24) is 9.88 Å². The largest absolute Gasteiger partial charge is 0.495 e. The van der Waals surface area contributed by atoms with Gasteiger partial charge < -0.3 is 20.1 Å². The van der Waals surface area contributed by atoms with Gasteiger partial charge in [-0.2, -0.15) is 5.26 Å². The number of benzene rings is 2.